The molecule has 0 bridgehead atoms. The first-order valence-corrected chi connectivity index (χ1v) is 6.58. The van der Waals surface area contributed by atoms with E-state index in [1.807, 2.05) is 0 Å². The van der Waals surface area contributed by atoms with E-state index in [4.69, 9.17) is 5.73 Å². The Balaban J connectivity index is 2.06. The number of nitrogens with two attached hydrogens (primary N) is 1. The van der Waals surface area contributed by atoms with Crippen LogP contribution in [0.3, 0.4) is 0 Å². The van der Waals surface area contributed by atoms with Crippen molar-refractivity contribution in [1.29, 1.82) is 0 Å². The fourth-order valence-corrected chi connectivity index (χ4v) is 2.23. The van der Waals surface area contributed by atoms with Gasteiger partial charge in [0.1, 0.15) is 0 Å². The van der Waals surface area contributed by atoms with Crippen LogP contribution in [-0.2, 0) is 11.2 Å². The van der Waals surface area contributed by atoms with Gasteiger partial charge in [-0.15, -0.1) is 11.3 Å². The molecule has 0 aliphatic heterocycles. The summed E-state index contributed by atoms with van der Waals surface area (Å²) in [5.74, 6) is -0.243. The predicted octanol–water partition coefficient (Wildman–Crippen LogP) is 2.12. The van der Waals surface area contributed by atoms with Gasteiger partial charge in [-0.1, -0.05) is 0 Å². The molecule has 1 aromatic carbocycles. The number of hydrogen-bond acceptors (Lipinski definition) is 6. The predicted molar refractivity (Wildman–Crippen MR) is 76.7 cm³/mol. The Morgan fingerprint density at radius 1 is 1.55 bits per heavy atom. The van der Waals surface area contributed by atoms with Gasteiger partial charge in [0, 0.05) is 23.2 Å². The van der Waals surface area contributed by atoms with Crippen LogP contribution in [0.5, 0.6) is 0 Å². The molecule has 0 fully saturated rings. The van der Waals surface area contributed by atoms with E-state index >= 15 is 0 Å². The summed E-state index contributed by atoms with van der Waals surface area (Å²) >= 11 is 1.27. The number of hydrogen-bond donors (Lipinski definition) is 2. The Labute approximate surface area is 118 Å². The van der Waals surface area contributed by atoms with E-state index in [0.29, 0.717) is 22.1 Å². The summed E-state index contributed by atoms with van der Waals surface area (Å²) in [4.78, 5) is 26.0. The molecule has 0 aliphatic rings. The molecule has 0 spiro atoms. The monoisotopic (exact) mass is 292 g/mol. The number of benzene rings is 1. The zero-order chi connectivity index (χ0) is 14.7. The minimum absolute atomic E-state index is 0.00669. The number of nitrogens with zero attached hydrogens (tertiary/aromatic N) is 2. The van der Waals surface area contributed by atoms with Crippen molar-refractivity contribution in [1.82, 2.24) is 4.98 Å². The van der Waals surface area contributed by atoms with Crippen molar-refractivity contribution in [3.05, 3.63) is 45.0 Å². The first kappa shape index (κ1) is 13.9. The van der Waals surface area contributed by atoms with Crippen molar-refractivity contribution >= 4 is 33.8 Å². The second-order valence-electron chi connectivity index (χ2n) is 4.16. The quantitative estimate of drug-likeness (QED) is 0.662. The highest BCUT2D eigenvalue weighted by Crippen LogP contribution is 2.21. The molecule has 0 unspecified atom stereocenters. The minimum Gasteiger partial charge on any atom is -0.375 e. The molecule has 20 heavy (non-hydrogen) atoms. The van der Waals surface area contributed by atoms with Crippen LogP contribution < -0.4 is 11.1 Å². The fourth-order valence-electron chi connectivity index (χ4n) is 1.66. The van der Waals surface area contributed by atoms with Crippen LogP contribution in [0.2, 0.25) is 0 Å². The van der Waals surface area contributed by atoms with Crippen LogP contribution in [0.25, 0.3) is 0 Å². The summed E-state index contributed by atoms with van der Waals surface area (Å²) in [7, 11) is 0. The average Bonchev–Trinajstić information content (AvgIpc) is 2.77. The van der Waals surface area contributed by atoms with E-state index in [2.05, 4.69) is 10.3 Å². The molecule has 0 radical (unpaired) electrons. The normalized spacial score (nSPS) is 10.2. The molecule has 7 nitrogen and oxygen atoms in total. The van der Waals surface area contributed by atoms with Crippen LogP contribution in [0, 0.1) is 17.0 Å². The van der Waals surface area contributed by atoms with Gasteiger partial charge in [-0.05, 0) is 18.6 Å². The first-order chi connectivity index (χ1) is 9.45. The summed E-state index contributed by atoms with van der Waals surface area (Å²) in [5.41, 5.74) is 7.26. The van der Waals surface area contributed by atoms with E-state index in [-0.39, 0.29) is 18.0 Å². The highest BCUT2D eigenvalue weighted by molar-refractivity contribution is 7.13. The van der Waals surface area contributed by atoms with Crippen molar-refractivity contribution in [3.8, 4) is 0 Å². The van der Waals surface area contributed by atoms with Gasteiger partial charge in [0.25, 0.3) is 5.69 Å². The number of rotatable bonds is 4. The second-order valence-corrected chi connectivity index (χ2v) is 5.05. The number of thiazole rings is 1. The lowest BCUT2D eigenvalue weighted by Crippen LogP contribution is -2.15. The third-order valence-electron chi connectivity index (χ3n) is 2.61. The van der Waals surface area contributed by atoms with Gasteiger partial charge in [-0.25, -0.2) is 4.98 Å². The highest BCUT2D eigenvalue weighted by Gasteiger charge is 2.11. The van der Waals surface area contributed by atoms with Gasteiger partial charge in [0.15, 0.2) is 5.13 Å². The molecule has 0 saturated heterocycles. The fraction of sp³-hybridized carbons (Fsp3) is 0.167. The molecule has 0 atom stereocenters. The van der Waals surface area contributed by atoms with Gasteiger partial charge >= 0.3 is 0 Å². The molecular formula is C12H12N4O3S. The van der Waals surface area contributed by atoms with Crippen LogP contribution in [0.15, 0.2) is 23.6 Å². The molecule has 0 saturated carbocycles. The molecule has 2 rings (SSSR count). The van der Waals surface area contributed by atoms with Crippen molar-refractivity contribution in [2.24, 2.45) is 0 Å². The zero-order valence-corrected chi connectivity index (χ0v) is 11.4. The van der Waals surface area contributed by atoms with E-state index in [1.54, 1.807) is 12.3 Å². The van der Waals surface area contributed by atoms with Crippen LogP contribution in [0.4, 0.5) is 16.5 Å². The van der Waals surface area contributed by atoms with Crippen molar-refractivity contribution in [2.75, 3.05) is 11.1 Å². The van der Waals surface area contributed by atoms with E-state index in [1.165, 1.54) is 29.5 Å². The minimum atomic E-state index is -0.476. The Bertz CT molecular complexity index is 668. The Morgan fingerprint density at radius 3 is 2.85 bits per heavy atom. The summed E-state index contributed by atoms with van der Waals surface area (Å²) in [5, 5.41) is 15.5. The van der Waals surface area contributed by atoms with Gasteiger partial charge in [0.2, 0.25) is 5.91 Å². The Morgan fingerprint density at radius 2 is 2.30 bits per heavy atom. The maximum atomic E-state index is 11.8. The van der Waals surface area contributed by atoms with Crippen LogP contribution in [-0.4, -0.2) is 15.8 Å². The number of non-ortho nitro benzene ring substituents is 1. The van der Waals surface area contributed by atoms with Crippen molar-refractivity contribution in [2.45, 2.75) is 13.3 Å². The first-order valence-electron chi connectivity index (χ1n) is 5.70. The average molecular weight is 292 g/mol. The van der Waals surface area contributed by atoms with E-state index < -0.39 is 4.92 Å². The summed E-state index contributed by atoms with van der Waals surface area (Å²) < 4.78 is 0. The van der Waals surface area contributed by atoms with E-state index in [9.17, 15) is 14.9 Å². The summed E-state index contributed by atoms with van der Waals surface area (Å²) in [6.45, 7) is 1.70. The molecule has 0 aliphatic carbocycles. The van der Waals surface area contributed by atoms with Crippen molar-refractivity contribution < 1.29 is 9.72 Å². The number of aromatic nitrogens is 1. The Kier molecular flexibility index (Phi) is 3.94. The molecule has 1 amide bonds. The molecule has 1 aromatic heterocycles. The highest BCUT2D eigenvalue weighted by atomic mass is 32.1. The van der Waals surface area contributed by atoms with E-state index in [0.717, 1.165) is 0 Å². The second kappa shape index (κ2) is 5.66. The number of aryl methyl sites for hydroxylation is 1. The third-order valence-corrected chi connectivity index (χ3v) is 3.33. The number of nitrogens with one attached hydrogen (secondary N) is 1. The summed E-state index contributed by atoms with van der Waals surface area (Å²) in [6, 6.07) is 4.28. The number of carbonyl (C=O) groups is 1. The number of anilines is 2. The largest absolute Gasteiger partial charge is 0.375 e. The maximum absolute atomic E-state index is 11.8. The van der Waals surface area contributed by atoms with Crippen LogP contribution in [0.1, 0.15) is 11.3 Å². The zero-order valence-electron chi connectivity index (χ0n) is 10.6. The molecule has 3 N–H and O–H groups in total. The third kappa shape index (κ3) is 3.29. The van der Waals surface area contributed by atoms with Crippen LogP contribution >= 0.6 is 11.3 Å². The Hall–Kier alpha value is -2.48. The topological polar surface area (TPSA) is 111 Å². The maximum Gasteiger partial charge on any atom is 0.269 e. The molecule has 1 heterocycles. The standard InChI is InChI=1S/C12H12N4O3S/c1-7-4-9(16(18)19)2-3-10(7)15-11(17)5-8-6-20-12(13)14-8/h2-4,6H,5H2,1H3,(H2,13,14)(H,15,17). The van der Waals surface area contributed by atoms with Gasteiger partial charge in [-0.3, -0.25) is 14.9 Å². The number of nitro benzene ring substituents is 1. The number of nitrogen functional groups attached to an aromatic ring is 1. The molecule has 104 valence electrons. The number of nitro groups is 1. The smallest absolute Gasteiger partial charge is 0.269 e. The van der Waals surface area contributed by atoms with Gasteiger partial charge < -0.3 is 11.1 Å². The summed E-state index contributed by atoms with van der Waals surface area (Å²) in [6.07, 6.45) is 0.115. The van der Waals surface area contributed by atoms with Gasteiger partial charge in [0.05, 0.1) is 17.0 Å². The SMILES string of the molecule is Cc1cc([N+](=O)[O-])ccc1NC(=O)Cc1csc(N)n1. The molecule has 2 aromatic rings. The lowest BCUT2D eigenvalue weighted by atomic mass is 10.1. The lowest BCUT2D eigenvalue weighted by molar-refractivity contribution is -0.384. The van der Waals surface area contributed by atoms with Crippen molar-refractivity contribution in [3.63, 3.8) is 0 Å². The molecule has 8 heteroatoms. The van der Waals surface area contributed by atoms with Gasteiger partial charge in [-0.2, -0.15) is 0 Å². The number of amides is 1. The number of carbonyl (C=O) groups excluding carboxylic acids is 1. The lowest BCUT2D eigenvalue weighted by Gasteiger charge is -2.07. The molecular weight excluding hydrogens is 280 g/mol.